The van der Waals surface area contributed by atoms with Crippen molar-refractivity contribution in [3.63, 3.8) is 0 Å². The molecule has 1 aliphatic rings. The van der Waals surface area contributed by atoms with Gasteiger partial charge in [0, 0.05) is 11.1 Å². The molecule has 80 valence electrons. The van der Waals surface area contributed by atoms with Gasteiger partial charge in [-0.05, 0) is 18.2 Å². The van der Waals surface area contributed by atoms with Gasteiger partial charge in [0.25, 0.3) is 8.03 Å². The van der Waals surface area contributed by atoms with Crippen LogP contribution < -0.4 is 9.83 Å². The second-order valence-corrected chi connectivity index (χ2v) is 5.27. The molecule has 0 fully saturated rings. The van der Waals surface area contributed by atoms with Crippen molar-refractivity contribution in [3.05, 3.63) is 47.5 Å². The smallest absolute Gasteiger partial charge is 0.266 e. The molecular formula is C12H8ClO2P. The van der Waals surface area contributed by atoms with Crippen molar-refractivity contribution in [3.8, 4) is 16.9 Å². The van der Waals surface area contributed by atoms with E-state index < -0.39 is 8.03 Å². The molecule has 3 rings (SSSR count). The summed E-state index contributed by atoms with van der Waals surface area (Å²) in [6, 6.07) is 12.9. The second-order valence-electron chi connectivity index (χ2n) is 3.55. The van der Waals surface area contributed by atoms with Gasteiger partial charge in [-0.3, -0.25) is 4.57 Å². The van der Waals surface area contributed by atoms with Crippen LogP contribution in [-0.4, -0.2) is 0 Å². The van der Waals surface area contributed by atoms with Crippen LogP contribution in [0.25, 0.3) is 11.1 Å². The van der Waals surface area contributed by atoms with Crippen molar-refractivity contribution in [2.24, 2.45) is 0 Å². The average molecular weight is 251 g/mol. The Morgan fingerprint density at radius 1 is 1.06 bits per heavy atom. The molecule has 0 spiro atoms. The molecule has 0 aliphatic carbocycles. The first-order valence-electron chi connectivity index (χ1n) is 4.87. The lowest BCUT2D eigenvalue weighted by Crippen LogP contribution is -2.10. The van der Waals surface area contributed by atoms with Crippen LogP contribution >= 0.6 is 19.6 Å². The van der Waals surface area contributed by atoms with Gasteiger partial charge >= 0.3 is 0 Å². The predicted octanol–water partition coefficient (Wildman–Crippen LogP) is 3.50. The minimum Gasteiger partial charge on any atom is -0.441 e. The molecule has 0 amide bonds. The van der Waals surface area contributed by atoms with Crippen LogP contribution in [0, 0.1) is 0 Å². The Morgan fingerprint density at radius 2 is 1.88 bits per heavy atom. The highest BCUT2D eigenvalue weighted by Crippen LogP contribution is 2.45. The molecule has 4 heteroatoms. The fourth-order valence-electron chi connectivity index (χ4n) is 1.88. The standard InChI is InChI=1S/C12H8ClO2P/c13-9-5-3-6-10-12(9)8-4-1-2-7-11(8)16(14)15-10/h1-7,16H. The van der Waals surface area contributed by atoms with Crippen molar-refractivity contribution in [1.82, 2.24) is 0 Å². The molecule has 0 saturated heterocycles. The lowest BCUT2D eigenvalue weighted by molar-refractivity contribution is 0.513. The maximum Gasteiger partial charge on any atom is 0.266 e. The van der Waals surface area contributed by atoms with Crippen molar-refractivity contribution in [1.29, 1.82) is 0 Å². The van der Waals surface area contributed by atoms with Gasteiger partial charge in [-0.15, -0.1) is 0 Å². The summed E-state index contributed by atoms with van der Waals surface area (Å²) in [6.07, 6.45) is 0. The molecule has 0 N–H and O–H groups in total. The van der Waals surface area contributed by atoms with E-state index in [0.29, 0.717) is 10.8 Å². The number of hydrogen-bond acceptors (Lipinski definition) is 2. The number of halogens is 1. The van der Waals surface area contributed by atoms with Gasteiger partial charge in [-0.2, -0.15) is 0 Å². The summed E-state index contributed by atoms with van der Waals surface area (Å²) in [5, 5.41) is 1.37. The predicted molar refractivity (Wildman–Crippen MR) is 66.2 cm³/mol. The fourth-order valence-corrected chi connectivity index (χ4v) is 3.29. The lowest BCUT2D eigenvalue weighted by atomic mass is 10.0. The van der Waals surface area contributed by atoms with E-state index in [1.165, 1.54) is 0 Å². The third kappa shape index (κ3) is 1.38. The Morgan fingerprint density at radius 3 is 2.75 bits per heavy atom. The van der Waals surface area contributed by atoms with Gasteiger partial charge in [0.05, 0.1) is 10.3 Å². The van der Waals surface area contributed by atoms with Crippen molar-refractivity contribution < 1.29 is 9.09 Å². The molecule has 0 aromatic heterocycles. The van der Waals surface area contributed by atoms with E-state index in [-0.39, 0.29) is 0 Å². The summed E-state index contributed by atoms with van der Waals surface area (Å²) in [6.45, 7) is 0. The number of rotatable bonds is 0. The highest BCUT2D eigenvalue weighted by atomic mass is 35.5. The molecule has 16 heavy (non-hydrogen) atoms. The van der Waals surface area contributed by atoms with Gasteiger partial charge in [0.1, 0.15) is 5.75 Å². The Kier molecular flexibility index (Phi) is 2.27. The zero-order valence-electron chi connectivity index (χ0n) is 8.24. The monoisotopic (exact) mass is 250 g/mol. The van der Waals surface area contributed by atoms with Gasteiger partial charge in [-0.25, -0.2) is 0 Å². The molecule has 1 atom stereocenters. The molecule has 2 aromatic carbocycles. The summed E-state index contributed by atoms with van der Waals surface area (Å²) >= 11 is 6.15. The zero-order valence-corrected chi connectivity index (χ0v) is 9.99. The SMILES string of the molecule is O=[PH]1Oc2cccc(Cl)c2-c2ccccc21. The first-order chi connectivity index (χ1) is 7.77. The summed E-state index contributed by atoms with van der Waals surface area (Å²) < 4.78 is 17.3. The number of hydrogen-bond donors (Lipinski definition) is 0. The summed E-state index contributed by atoms with van der Waals surface area (Å²) in [7, 11) is -2.19. The first-order valence-corrected chi connectivity index (χ1v) is 6.57. The molecule has 2 aromatic rings. The van der Waals surface area contributed by atoms with Crippen LogP contribution in [0.5, 0.6) is 5.75 Å². The van der Waals surface area contributed by atoms with Crippen LogP contribution in [0.1, 0.15) is 0 Å². The second kappa shape index (κ2) is 3.65. The van der Waals surface area contributed by atoms with E-state index >= 15 is 0 Å². The van der Waals surface area contributed by atoms with E-state index in [2.05, 4.69) is 0 Å². The van der Waals surface area contributed by atoms with Crippen LogP contribution in [-0.2, 0) is 4.57 Å². The minimum absolute atomic E-state index is 0.607. The third-order valence-corrected chi connectivity index (χ3v) is 4.19. The van der Waals surface area contributed by atoms with E-state index in [0.717, 1.165) is 16.4 Å². The molecule has 1 unspecified atom stereocenters. The van der Waals surface area contributed by atoms with Gasteiger partial charge < -0.3 is 4.52 Å². The molecule has 1 aliphatic heterocycles. The third-order valence-electron chi connectivity index (χ3n) is 2.59. The highest BCUT2D eigenvalue weighted by molar-refractivity contribution is 7.49. The van der Waals surface area contributed by atoms with E-state index in [1.807, 2.05) is 30.3 Å². The summed E-state index contributed by atoms with van der Waals surface area (Å²) in [4.78, 5) is 0. The molecule has 0 radical (unpaired) electrons. The van der Waals surface area contributed by atoms with Gasteiger partial charge in [0.2, 0.25) is 0 Å². The maximum absolute atomic E-state index is 11.9. The van der Waals surface area contributed by atoms with Gasteiger partial charge in [-0.1, -0.05) is 35.9 Å². The molecule has 0 bridgehead atoms. The maximum atomic E-state index is 11.9. The topological polar surface area (TPSA) is 26.3 Å². The number of fused-ring (bicyclic) bond motifs is 3. The van der Waals surface area contributed by atoms with E-state index in [9.17, 15) is 4.57 Å². The minimum atomic E-state index is -2.19. The molecule has 2 nitrogen and oxygen atoms in total. The van der Waals surface area contributed by atoms with Crippen LogP contribution in [0.4, 0.5) is 0 Å². The Bertz CT molecular complexity index is 595. The van der Waals surface area contributed by atoms with Crippen molar-refractivity contribution >= 4 is 24.9 Å². The summed E-state index contributed by atoms with van der Waals surface area (Å²) in [5.41, 5.74) is 1.75. The first kappa shape index (κ1) is 9.95. The molecule has 0 saturated carbocycles. The molecular weight excluding hydrogens is 243 g/mol. The van der Waals surface area contributed by atoms with Crippen LogP contribution in [0.3, 0.4) is 0 Å². The lowest BCUT2D eigenvalue weighted by Gasteiger charge is -2.20. The highest BCUT2D eigenvalue weighted by Gasteiger charge is 2.23. The largest absolute Gasteiger partial charge is 0.441 e. The Balaban J connectivity index is 2.38. The fraction of sp³-hybridized carbons (Fsp3) is 0. The number of benzene rings is 2. The summed E-state index contributed by atoms with van der Waals surface area (Å²) in [5.74, 6) is 0.607. The van der Waals surface area contributed by atoms with Crippen LogP contribution in [0.15, 0.2) is 42.5 Å². The molecule has 1 heterocycles. The zero-order chi connectivity index (χ0) is 11.1. The van der Waals surface area contributed by atoms with Gasteiger partial charge in [0.15, 0.2) is 0 Å². The Labute approximate surface area is 98.7 Å². The quantitative estimate of drug-likeness (QED) is 0.669. The van der Waals surface area contributed by atoms with Crippen LogP contribution in [0.2, 0.25) is 5.02 Å². The van der Waals surface area contributed by atoms with E-state index in [4.69, 9.17) is 16.1 Å². The Hall–Kier alpha value is -1.24. The average Bonchev–Trinajstić information content (AvgIpc) is 2.29. The van der Waals surface area contributed by atoms with Crippen molar-refractivity contribution in [2.45, 2.75) is 0 Å². The van der Waals surface area contributed by atoms with Crippen molar-refractivity contribution in [2.75, 3.05) is 0 Å². The van der Waals surface area contributed by atoms with E-state index in [1.54, 1.807) is 12.1 Å². The normalized spacial score (nSPS) is 17.2.